The van der Waals surface area contributed by atoms with Crippen molar-refractivity contribution in [3.63, 3.8) is 0 Å². The molecular formula is C33H35N5O3. The number of nitrogens with zero attached hydrogens (tertiary/aromatic N) is 4. The third-order valence-corrected chi connectivity index (χ3v) is 8.20. The third kappa shape index (κ3) is 4.63. The number of nitrogens with one attached hydrogen (secondary N) is 1. The van der Waals surface area contributed by atoms with E-state index in [1.54, 1.807) is 26.9 Å². The van der Waals surface area contributed by atoms with Crippen LogP contribution in [0.1, 0.15) is 43.2 Å². The molecule has 1 aliphatic rings. The lowest BCUT2D eigenvalue weighted by Crippen LogP contribution is -2.38. The molecule has 1 saturated heterocycles. The van der Waals surface area contributed by atoms with E-state index in [0.29, 0.717) is 17.0 Å². The molecule has 8 nitrogen and oxygen atoms in total. The van der Waals surface area contributed by atoms with Gasteiger partial charge in [0.2, 0.25) is 0 Å². The van der Waals surface area contributed by atoms with Crippen molar-refractivity contribution in [2.24, 2.45) is 5.92 Å². The Morgan fingerprint density at radius 1 is 0.854 bits per heavy atom. The van der Waals surface area contributed by atoms with Gasteiger partial charge >= 0.3 is 0 Å². The van der Waals surface area contributed by atoms with Gasteiger partial charge in [-0.2, -0.15) is 0 Å². The summed E-state index contributed by atoms with van der Waals surface area (Å²) in [5, 5.41) is 3.84. The molecule has 210 valence electrons. The maximum absolute atomic E-state index is 6.45. The highest BCUT2D eigenvalue weighted by molar-refractivity contribution is 5.84. The van der Waals surface area contributed by atoms with Crippen molar-refractivity contribution in [2.75, 3.05) is 19.5 Å². The summed E-state index contributed by atoms with van der Waals surface area (Å²) in [7, 11) is 3.42. The Balaban J connectivity index is 1.51. The fourth-order valence-corrected chi connectivity index (χ4v) is 6.14. The zero-order valence-electron chi connectivity index (χ0n) is 23.8. The van der Waals surface area contributed by atoms with Gasteiger partial charge in [-0.1, -0.05) is 86.6 Å². The Hall–Kier alpha value is -4.27. The van der Waals surface area contributed by atoms with Crippen molar-refractivity contribution in [1.29, 1.82) is 0 Å². The molecule has 8 heteroatoms. The minimum Gasteiger partial charge on any atom is -0.497 e. The first-order chi connectivity index (χ1) is 20.1. The van der Waals surface area contributed by atoms with E-state index < -0.39 is 5.54 Å². The summed E-state index contributed by atoms with van der Waals surface area (Å²) in [5.74, 6) is 1.54. The zero-order valence-corrected chi connectivity index (χ0v) is 23.8. The van der Waals surface area contributed by atoms with Crippen LogP contribution in [0.2, 0.25) is 0 Å². The van der Waals surface area contributed by atoms with E-state index in [1.807, 2.05) is 28.8 Å². The van der Waals surface area contributed by atoms with Gasteiger partial charge in [-0.15, -0.1) is 0 Å². The van der Waals surface area contributed by atoms with Crippen LogP contribution in [0.5, 0.6) is 5.75 Å². The molecule has 0 saturated carbocycles. The van der Waals surface area contributed by atoms with Gasteiger partial charge in [0.15, 0.2) is 17.0 Å². The molecule has 5 aromatic rings. The molecule has 4 atom stereocenters. The van der Waals surface area contributed by atoms with E-state index in [-0.39, 0.29) is 24.4 Å². The smallest absolute Gasteiger partial charge is 0.167 e. The number of aromatic nitrogens is 4. The topological polar surface area (TPSA) is 83.3 Å². The minimum atomic E-state index is -0.786. The lowest BCUT2D eigenvalue weighted by molar-refractivity contribution is -0.0280. The molecule has 0 aliphatic carbocycles. The van der Waals surface area contributed by atoms with Crippen LogP contribution in [-0.2, 0) is 15.0 Å². The summed E-state index contributed by atoms with van der Waals surface area (Å²) in [6, 6.07) is 28.9. The van der Waals surface area contributed by atoms with Gasteiger partial charge in [-0.05, 0) is 35.2 Å². The number of ether oxygens (including phenoxy) is 3. The van der Waals surface area contributed by atoms with Crippen LogP contribution in [0.4, 0.5) is 5.82 Å². The van der Waals surface area contributed by atoms with Gasteiger partial charge in [0.25, 0.3) is 0 Å². The van der Waals surface area contributed by atoms with E-state index in [0.717, 1.165) is 28.9 Å². The predicted octanol–water partition coefficient (Wildman–Crippen LogP) is 6.20. The number of hydrogen-bond acceptors (Lipinski definition) is 7. The largest absolute Gasteiger partial charge is 0.497 e. The van der Waals surface area contributed by atoms with Crippen molar-refractivity contribution < 1.29 is 14.2 Å². The summed E-state index contributed by atoms with van der Waals surface area (Å²) in [5.41, 5.74) is 3.74. The molecule has 2 aromatic heterocycles. The van der Waals surface area contributed by atoms with Crippen molar-refractivity contribution in [2.45, 2.75) is 44.2 Å². The number of imidazole rings is 1. The Labute approximate surface area is 240 Å². The molecule has 0 bridgehead atoms. The number of fused-ring (bicyclic) bond motifs is 1. The van der Waals surface area contributed by atoms with E-state index in [4.69, 9.17) is 24.2 Å². The Bertz CT molecular complexity index is 1550. The second kappa shape index (κ2) is 11.3. The molecule has 0 radical (unpaired) electrons. The van der Waals surface area contributed by atoms with Gasteiger partial charge in [0, 0.05) is 13.0 Å². The Morgan fingerprint density at radius 3 is 2.05 bits per heavy atom. The molecule has 41 heavy (non-hydrogen) atoms. The molecule has 1 fully saturated rings. The molecule has 1 N–H and O–H groups in total. The van der Waals surface area contributed by atoms with E-state index in [9.17, 15) is 0 Å². The van der Waals surface area contributed by atoms with E-state index >= 15 is 0 Å². The van der Waals surface area contributed by atoms with Crippen LogP contribution in [0.15, 0.2) is 97.6 Å². The first kappa shape index (κ1) is 26.9. The fraction of sp³-hybridized carbons (Fsp3) is 0.303. The number of anilines is 1. The van der Waals surface area contributed by atoms with E-state index in [1.165, 1.54) is 0 Å². The average molecular weight is 550 g/mol. The maximum atomic E-state index is 6.45. The number of benzene rings is 3. The SMILES string of the molecule is CC[C@H]1O[C@@H](n2cnc3c(NC(c4ccccc4)(c4ccccc4)c4ccc(OC)cc4)ncnc32)C(C)C1OC. The first-order valence-electron chi connectivity index (χ1n) is 14.0. The van der Waals surface area contributed by atoms with Gasteiger partial charge in [-0.25, -0.2) is 15.0 Å². The molecule has 6 rings (SSSR count). The van der Waals surface area contributed by atoms with Crippen molar-refractivity contribution in [1.82, 2.24) is 19.5 Å². The zero-order chi connectivity index (χ0) is 28.4. The normalized spacial score (nSPS) is 20.8. The van der Waals surface area contributed by atoms with Gasteiger partial charge < -0.3 is 19.5 Å². The monoisotopic (exact) mass is 549 g/mol. The van der Waals surface area contributed by atoms with Gasteiger partial charge in [-0.3, -0.25) is 4.57 Å². The van der Waals surface area contributed by atoms with E-state index in [2.05, 4.69) is 84.8 Å². The second-order valence-electron chi connectivity index (χ2n) is 10.4. The fourth-order valence-electron chi connectivity index (χ4n) is 6.14. The van der Waals surface area contributed by atoms with Gasteiger partial charge in [0.1, 0.15) is 23.8 Å². The second-order valence-corrected chi connectivity index (χ2v) is 10.4. The molecule has 1 aliphatic heterocycles. The summed E-state index contributed by atoms with van der Waals surface area (Å²) in [4.78, 5) is 14.2. The van der Waals surface area contributed by atoms with Crippen LogP contribution >= 0.6 is 0 Å². The highest BCUT2D eigenvalue weighted by atomic mass is 16.6. The van der Waals surface area contributed by atoms with Crippen molar-refractivity contribution in [3.8, 4) is 5.75 Å². The van der Waals surface area contributed by atoms with Crippen LogP contribution < -0.4 is 10.1 Å². The average Bonchev–Trinajstić information content (AvgIpc) is 3.61. The number of rotatable bonds is 9. The number of methoxy groups -OCH3 is 2. The van der Waals surface area contributed by atoms with Crippen LogP contribution in [-0.4, -0.2) is 45.9 Å². The Kier molecular flexibility index (Phi) is 7.43. The highest BCUT2D eigenvalue weighted by Gasteiger charge is 2.43. The highest BCUT2D eigenvalue weighted by Crippen LogP contribution is 2.42. The molecule has 0 spiro atoms. The molecule has 3 aromatic carbocycles. The summed E-state index contributed by atoms with van der Waals surface area (Å²) in [6.45, 7) is 4.27. The Morgan fingerprint density at radius 2 is 1.49 bits per heavy atom. The lowest BCUT2D eigenvalue weighted by Gasteiger charge is -2.37. The predicted molar refractivity (Wildman–Crippen MR) is 159 cm³/mol. The van der Waals surface area contributed by atoms with Crippen LogP contribution in [0.25, 0.3) is 11.2 Å². The van der Waals surface area contributed by atoms with Crippen molar-refractivity contribution >= 4 is 17.0 Å². The molecule has 2 unspecified atom stereocenters. The molecule has 3 heterocycles. The molecule has 0 amide bonds. The standard InChI is InChI=1S/C33H35N5O3/c1-5-27-29(40-4)22(2)32(41-27)38-21-36-28-30(34-20-35-31(28)38)37-33(23-12-8-6-9-13-23,24-14-10-7-11-15-24)25-16-18-26(39-3)19-17-25/h6-22,27,29,32H,5H2,1-4H3,(H,34,35,37)/t22?,27-,29?,32-/m1/s1. The van der Waals surface area contributed by atoms with Crippen molar-refractivity contribution in [3.05, 3.63) is 114 Å². The minimum absolute atomic E-state index is 0.000709. The van der Waals surface area contributed by atoms with Crippen LogP contribution in [0.3, 0.4) is 0 Å². The van der Waals surface area contributed by atoms with Crippen LogP contribution in [0, 0.1) is 5.92 Å². The lowest BCUT2D eigenvalue weighted by atomic mass is 9.77. The maximum Gasteiger partial charge on any atom is 0.167 e. The summed E-state index contributed by atoms with van der Waals surface area (Å²) in [6.07, 6.45) is 4.02. The molecular weight excluding hydrogens is 514 g/mol. The first-order valence-corrected chi connectivity index (χ1v) is 14.0. The summed E-state index contributed by atoms with van der Waals surface area (Å²) < 4.78 is 19.8. The third-order valence-electron chi connectivity index (χ3n) is 8.20. The quantitative estimate of drug-likeness (QED) is 0.219. The summed E-state index contributed by atoms with van der Waals surface area (Å²) >= 11 is 0. The number of hydrogen-bond donors (Lipinski definition) is 1. The van der Waals surface area contributed by atoms with Gasteiger partial charge in [0.05, 0.1) is 25.6 Å².